The zero-order chi connectivity index (χ0) is 15.3. The molecule has 1 aliphatic carbocycles. The Morgan fingerprint density at radius 2 is 1.90 bits per heavy atom. The molecule has 0 aromatic heterocycles. The van der Waals surface area contributed by atoms with Gasteiger partial charge in [-0.1, -0.05) is 44.4 Å². The molecule has 1 fully saturated rings. The Balaban J connectivity index is 2.19. The summed E-state index contributed by atoms with van der Waals surface area (Å²) in [6.07, 6.45) is 7.14. The van der Waals surface area contributed by atoms with Crippen molar-refractivity contribution in [3.8, 4) is 0 Å². The Morgan fingerprint density at radius 3 is 2.48 bits per heavy atom. The van der Waals surface area contributed by atoms with E-state index in [-0.39, 0.29) is 11.4 Å². The summed E-state index contributed by atoms with van der Waals surface area (Å²) in [4.78, 5) is 2.53. The quantitative estimate of drug-likeness (QED) is 0.865. The number of likely N-dealkylation sites (N-methyl/N-ethyl adjacent to an activating group) is 1. The molecular weight excluding hydrogens is 263 g/mol. The lowest BCUT2D eigenvalue weighted by atomic mass is 9.85. The highest BCUT2D eigenvalue weighted by Crippen LogP contribution is 2.30. The molecule has 0 spiro atoms. The van der Waals surface area contributed by atoms with Crippen LogP contribution in [0.1, 0.15) is 51.5 Å². The van der Waals surface area contributed by atoms with Gasteiger partial charge in [-0.25, -0.2) is 4.39 Å². The Hall–Kier alpha value is -0.930. The molecule has 1 aromatic carbocycles. The molecule has 1 aromatic rings. The first-order chi connectivity index (χ1) is 10.1. The minimum absolute atomic E-state index is 0.114. The van der Waals surface area contributed by atoms with E-state index in [2.05, 4.69) is 18.7 Å². The molecule has 0 saturated heterocycles. The molecule has 1 aliphatic rings. The number of hydrogen-bond donors (Lipinski definition) is 1. The molecule has 0 aliphatic heterocycles. The molecule has 1 atom stereocenters. The normalized spacial score (nSPS) is 19.7. The van der Waals surface area contributed by atoms with Crippen molar-refractivity contribution in [2.75, 3.05) is 13.1 Å². The van der Waals surface area contributed by atoms with Crippen LogP contribution in [0.25, 0.3) is 0 Å². The fraction of sp³-hybridized carbons (Fsp3) is 0.667. The molecule has 1 saturated carbocycles. The first-order valence-corrected chi connectivity index (χ1v) is 8.31. The molecule has 2 N–H and O–H groups in total. The number of halogens is 1. The lowest BCUT2D eigenvalue weighted by Gasteiger charge is -2.46. The van der Waals surface area contributed by atoms with E-state index >= 15 is 0 Å². The average Bonchev–Trinajstić information content (AvgIpc) is 2.51. The fourth-order valence-electron chi connectivity index (χ4n) is 3.82. The van der Waals surface area contributed by atoms with Crippen molar-refractivity contribution in [2.45, 2.75) is 64.0 Å². The van der Waals surface area contributed by atoms with E-state index < -0.39 is 0 Å². The summed E-state index contributed by atoms with van der Waals surface area (Å²) < 4.78 is 14.0. The SMILES string of the molecule is CCN(C1CCCCC1)C(C)(CN)Cc1ccccc1F. The van der Waals surface area contributed by atoms with Crippen molar-refractivity contribution in [2.24, 2.45) is 5.73 Å². The fourth-order valence-corrected chi connectivity index (χ4v) is 3.82. The molecule has 0 radical (unpaired) electrons. The number of nitrogens with zero attached hydrogens (tertiary/aromatic N) is 1. The topological polar surface area (TPSA) is 29.3 Å². The summed E-state index contributed by atoms with van der Waals surface area (Å²) in [5.74, 6) is -0.114. The van der Waals surface area contributed by atoms with E-state index in [1.54, 1.807) is 12.1 Å². The third-order valence-corrected chi connectivity index (χ3v) is 5.02. The molecule has 0 bridgehead atoms. The van der Waals surface area contributed by atoms with Gasteiger partial charge in [0.2, 0.25) is 0 Å². The van der Waals surface area contributed by atoms with Crippen LogP contribution in [0, 0.1) is 5.82 Å². The average molecular weight is 292 g/mol. The van der Waals surface area contributed by atoms with E-state index in [1.165, 1.54) is 32.1 Å². The maximum absolute atomic E-state index is 14.0. The highest BCUT2D eigenvalue weighted by Gasteiger charge is 2.35. The van der Waals surface area contributed by atoms with Crippen molar-refractivity contribution >= 4 is 0 Å². The summed E-state index contributed by atoms with van der Waals surface area (Å²) in [6, 6.07) is 7.69. The third kappa shape index (κ3) is 3.83. The van der Waals surface area contributed by atoms with Gasteiger partial charge in [0.05, 0.1) is 0 Å². The van der Waals surface area contributed by atoms with Crippen LogP contribution in [0.2, 0.25) is 0 Å². The van der Waals surface area contributed by atoms with Gasteiger partial charge in [0.1, 0.15) is 5.82 Å². The molecule has 118 valence electrons. The van der Waals surface area contributed by atoms with Crippen LogP contribution >= 0.6 is 0 Å². The number of benzene rings is 1. The monoisotopic (exact) mass is 292 g/mol. The zero-order valence-electron chi connectivity index (χ0n) is 13.4. The second kappa shape index (κ2) is 7.37. The Labute approximate surface area is 128 Å². The van der Waals surface area contributed by atoms with Gasteiger partial charge < -0.3 is 5.73 Å². The van der Waals surface area contributed by atoms with E-state index in [9.17, 15) is 4.39 Å². The van der Waals surface area contributed by atoms with Gasteiger partial charge in [-0.15, -0.1) is 0 Å². The van der Waals surface area contributed by atoms with E-state index in [0.717, 1.165) is 12.1 Å². The van der Waals surface area contributed by atoms with E-state index in [4.69, 9.17) is 5.73 Å². The van der Waals surface area contributed by atoms with Gasteiger partial charge in [0, 0.05) is 18.1 Å². The van der Waals surface area contributed by atoms with E-state index in [0.29, 0.717) is 19.0 Å². The molecule has 2 nitrogen and oxygen atoms in total. The van der Waals surface area contributed by atoms with Crippen molar-refractivity contribution < 1.29 is 4.39 Å². The first kappa shape index (κ1) is 16.4. The van der Waals surface area contributed by atoms with Gasteiger partial charge in [-0.3, -0.25) is 4.90 Å². The van der Waals surface area contributed by atoms with Crippen LogP contribution in [0.4, 0.5) is 4.39 Å². The number of rotatable bonds is 6. The third-order valence-electron chi connectivity index (χ3n) is 5.02. The van der Waals surface area contributed by atoms with Crippen molar-refractivity contribution in [3.63, 3.8) is 0 Å². The molecular formula is C18H29FN2. The Kier molecular flexibility index (Phi) is 5.77. The van der Waals surface area contributed by atoms with Crippen molar-refractivity contribution in [1.29, 1.82) is 0 Å². The van der Waals surface area contributed by atoms with E-state index in [1.807, 2.05) is 12.1 Å². The molecule has 1 unspecified atom stereocenters. The first-order valence-electron chi connectivity index (χ1n) is 8.31. The smallest absolute Gasteiger partial charge is 0.126 e. The second-order valence-electron chi connectivity index (χ2n) is 6.55. The lowest BCUT2D eigenvalue weighted by molar-refractivity contribution is 0.0468. The minimum atomic E-state index is -0.168. The Morgan fingerprint density at radius 1 is 1.24 bits per heavy atom. The summed E-state index contributed by atoms with van der Waals surface area (Å²) in [5.41, 5.74) is 6.73. The van der Waals surface area contributed by atoms with Gasteiger partial charge in [-0.2, -0.15) is 0 Å². The summed E-state index contributed by atoms with van der Waals surface area (Å²) >= 11 is 0. The second-order valence-corrected chi connectivity index (χ2v) is 6.55. The predicted octanol–water partition coefficient (Wildman–Crippen LogP) is 3.74. The Bertz CT molecular complexity index is 443. The summed E-state index contributed by atoms with van der Waals surface area (Å²) in [5, 5.41) is 0. The highest BCUT2D eigenvalue weighted by atomic mass is 19.1. The minimum Gasteiger partial charge on any atom is -0.329 e. The van der Waals surface area contributed by atoms with Crippen LogP contribution in [0.3, 0.4) is 0 Å². The van der Waals surface area contributed by atoms with Crippen LogP contribution in [-0.2, 0) is 6.42 Å². The summed E-state index contributed by atoms with van der Waals surface area (Å²) in [6.45, 7) is 5.93. The molecule has 3 heteroatoms. The zero-order valence-corrected chi connectivity index (χ0v) is 13.4. The number of nitrogens with two attached hydrogens (primary N) is 1. The standard InChI is InChI=1S/C18H29FN2/c1-3-21(16-10-5-4-6-11-16)18(2,14-20)13-15-9-7-8-12-17(15)19/h7-9,12,16H,3-6,10-11,13-14,20H2,1-2H3. The molecule has 0 heterocycles. The molecule has 2 rings (SSSR count). The highest BCUT2D eigenvalue weighted by molar-refractivity contribution is 5.20. The van der Waals surface area contributed by atoms with Gasteiger partial charge in [0.25, 0.3) is 0 Å². The summed E-state index contributed by atoms with van der Waals surface area (Å²) in [7, 11) is 0. The van der Waals surface area contributed by atoms with Gasteiger partial charge in [0.15, 0.2) is 0 Å². The van der Waals surface area contributed by atoms with Crippen molar-refractivity contribution in [1.82, 2.24) is 4.90 Å². The van der Waals surface area contributed by atoms with Gasteiger partial charge in [-0.05, 0) is 44.4 Å². The van der Waals surface area contributed by atoms with Gasteiger partial charge >= 0.3 is 0 Å². The van der Waals surface area contributed by atoms with Crippen LogP contribution in [0.15, 0.2) is 24.3 Å². The predicted molar refractivity (Wildman–Crippen MR) is 86.8 cm³/mol. The maximum atomic E-state index is 14.0. The van der Waals surface area contributed by atoms with Crippen LogP contribution in [-0.4, -0.2) is 29.6 Å². The molecule has 21 heavy (non-hydrogen) atoms. The lowest BCUT2D eigenvalue weighted by Crippen LogP contribution is -2.57. The van der Waals surface area contributed by atoms with Crippen molar-refractivity contribution in [3.05, 3.63) is 35.6 Å². The van der Waals surface area contributed by atoms with Crippen LogP contribution < -0.4 is 5.73 Å². The largest absolute Gasteiger partial charge is 0.329 e. The molecule has 0 amide bonds. The number of hydrogen-bond acceptors (Lipinski definition) is 2. The maximum Gasteiger partial charge on any atom is 0.126 e. The van der Waals surface area contributed by atoms with Crippen LogP contribution in [0.5, 0.6) is 0 Å².